The molecule has 0 saturated carbocycles. The largest absolute Gasteiger partial charge is 0.435 e. The number of carbonyl (C=O) groups is 1. The Balaban J connectivity index is 1.64. The first-order chi connectivity index (χ1) is 13.1. The summed E-state index contributed by atoms with van der Waals surface area (Å²) in [5.74, 6) is 0.0136. The average Bonchev–Trinajstić information content (AvgIpc) is 3.17. The van der Waals surface area contributed by atoms with Crippen LogP contribution in [-0.2, 0) is 4.74 Å². The third kappa shape index (κ3) is 3.73. The fourth-order valence-corrected chi connectivity index (χ4v) is 3.58. The molecule has 5 nitrogen and oxygen atoms in total. The second kappa shape index (κ2) is 7.52. The number of rotatable bonds is 5. The zero-order valence-electron chi connectivity index (χ0n) is 14.6. The molecular formula is C20H20F2N2O3. The molecule has 0 unspecified atom stereocenters. The van der Waals surface area contributed by atoms with Gasteiger partial charge in [0, 0.05) is 18.8 Å². The number of hydrogen-bond acceptors (Lipinski definition) is 4. The van der Waals surface area contributed by atoms with Crippen molar-refractivity contribution in [1.29, 1.82) is 0 Å². The van der Waals surface area contributed by atoms with Crippen LogP contribution < -0.4 is 10.1 Å². The SMILES string of the molecule is O=C1c2ccccc2N[C@@H](c2ccc(OC(F)F)cc2)N1C[C@H]1CCCO1. The molecule has 0 aliphatic carbocycles. The van der Waals surface area contributed by atoms with Crippen molar-refractivity contribution in [2.75, 3.05) is 18.5 Å². The normalized spacial score (nSPS) is 21.9. The molecule has 1 fully saturated rings. The van der Waals surface area contributed by atoms with Gasteiger partial charge in [0.2, 0.25) is 0 Å². The van der Waals surface area contributed by atoms with E-state index in [0.29, 0.717) is 18.7 Å². The number of benzene rings is 2. The number of fused-ring (bicyclic) bond motifs is 1. The van der Waals surface area contributed by atoms with Crippen LogP contribution in [0.15, 0.2) is 48.5 Å². The fraction of sp³-hybridized carbons (Fsp3) is 0.350. The summed E-state index contributed by atoms with van der Waals surface area (Å²) in [5, 5.41) is 3.39. The number of nitrogens with zero attached hydrogens (tertiary/aromatic N) is 1. The second-order valence-electron chi connectivity index (χ2n) is 6.63. The van der Waals surface area contributed by atoms with Gasteiger partial charge in [0.25, 0.3) is 5.91 Å². The molecule has 2 heterocycles. The molecule has 2 aliphatic rings. The molecule has 7 heteroatoms. The predicted octanol–water partition coefficient (Wildman–Crippen LogP) is 4.03. The maximum Gasteiger partial charge on any atom is 0.387 e. The molecule has 0 aromatic heterocycles. The second-order valence-corrected chi connectivity index (χ2v) is 6.63. The third-order valence-corrected chi connectivity index (χ3v) is 4.87. The van der Waals surface area contributed by atoms with Crippen LogP contribution in [-0.4, -0.2) is 36.7 Å². The van der Waals surface area contributed by atoms with Gasteiger partial charge >= 0.3 is 6.61 Å². The van der Waals surface area contributed by atoms with Gasteiger partial charge in [0.15, 0.2) is 0 Å². The van der Waals surface area contributed by atoms with Crippen molar-refractivity contribution in [3.63, 3.8) is 0 Å². The van der Waals surface area contributed by atoms with Gasteiger partial charge < -0.3 is 19.7 Å². The molecule has 2 atom stereocenters. The molecule has 1 N–H and O–H groups in total. The summed E-state index contributed by atoms with van der Waals surface area (Å²) < 4.78 is 34.9. The number of carbonyl (C=O) groups excluding carboxylic acids is 1. The van der Waals surface area contributed by atoms with E-state index < -0.39 is 12.8 Å². The topological polar surface area (TPSA) is 50.8 Å². The van der Waals surface area contributed by atoms with Crippen molar-refractivity contribution >= 4 is 11.6 Å². The van der Waals surface area contributed by atoms with Gasteiger partial charge in [0.1, 0.15) is 11.9 Å². The minimum absolute atomic E-state index is 0.00459. The Bertz CT molecular complexity index is 807. The molecule has 142 valence electrons. The lowest BCUT2D eigenvalue weighted by atomic mass is 10.0. The molecule has 0 bridgehead atoms. The van der Waals surface area contributed by atoms with Gasteiger partial charge in [-0.05, 0) is 42.7 Å². The van der Waals surface area contributed by atoms with Crippen molar-refractivity contribution in [1.82, 2.24) is 4.90 Å². The van der Waals surface area contributed by atoms with E-state index in [0.717, 1.165) is 24.1 Å². The first-order valence-corrected chi connectivity index (χ1v) is 8.95. The number of ether oxygens (including phenoxy) is 2. The van der Waals surface area contributed by atoms with Gasteiger partial charge in [0.05, 0.1) is 11.7 Å². The van der Waals surface area contributed by atoms with E-state index in [1.807, 2.05) is 18.2 Å². The maximum atomic E-state index is 13.1. The molecular weight excluding hydrogens is 354 g/mol. The highest BCUT2D eigenvalue weighted by atomic mass is 19.3. The van der Waals surface area contributed by atoms with Crippen LogP contribution in [0.3, 0.4) is 0 Å². The molecule has 1 amide bonds. The summed E-state index contributed by atoms with van der Waals surface area (Å²) in [6.07, 6.45) is 1.50. The zero-order valence-corrected chi connectivity index (χ0v) is 14.6. The number of amides is 1. The monoisotopic (exact) mass is 374 g/mol. The van der Waals surface area contributed by atoms with E-state index in [1.54, 1.807) is 23.1 Å². The molecule has 2 aromatic carbocycles. The predicted molar refractivity (Wildman–Crippen MR) is 95.9 cm³/mol. The van der Waals surface area contributed by atoms with E-state index in [2.05, 4.69) is 10.1 Å². The molecule has 0 radical (unpaired) electrons. The Kier molecular flexibility index (Phi) is 4.94. The minimum atomic E-state index is -2.87. The number of nitrogens with one attached hydrogen (secondary N) is 1. The highest BCUT2D eigenvalue weighted by Crippen LogP contribution is 2.34. The summed E-state index contributed by atoms with van der Waals surface area (Å²) in [4.78, 5) is 14.9. The molecule has 2 aromatic rings. The van der Waals surface area contributed by atoms with E-state index >= 15 is 0 Å². The average molecular weight is 374 g/mol. The Morgan fingerprint density at radius 2 is 1.96 bits per heavy atom. The number of hydrogen-bond donors (Lipinski definition) is 1. The number of anilines is 1. The standard InChI is InChI=1S/C20H20F2N2O3/c21-20(22)27-14-9-7-13(8-10-14)18-23-17-6-2-1-5-16(17)19(25)24(18)12-15-4-3-11-26-15/h1-2,5-10,15,18,20,23H,3-4,11-12H2/t15-,18-/m1/s1. The highest BCUT2D eigenvalue weighted by molar-refractivity contribution is 6.01. The Labute approximate surface area is 155 Å². The molecule has 27 heavy (non-hydrogen) atoms. The fourth-order valence-electron chi connectivity index (χ4n) is 3.58. The summed E-state index contributed by atoms with van der Waals surface area (Å²) in [7, 11) is 0. The Hall–Kier alpha value is -2.67. The van der Waals surface area contributed by atoms with Crippen LogP contribution in [0.1, 0.15) is 34.9 Å². The van der Waals surface area contributed by atoms with E-state index in [-0.39, 0.29) is 17.8 Å². The third-order valence-electron chi connectivity index (χ3n) is 4.87. The lowest BCUT2D eigenvalue weighted by Crippen LogP contribution is -2.46. The Morgan fingerprint density at radius 1 is 1.19 bits per heavy atom. The molecule has 2 aliphatic heterocycles. The lowest BCUT2D eigenvalue weighted by molar-refractivity contribution is -0.0498. The van der Waals surface area contributed by atoms with E-state index in [4.69, 9.17) is 4.74 Å². The smallest absolute Gasteiger partial charge is 0.387 e. The van der Waals surface area contributed by atoms with Crippen molar-refractivity contribution in [2.45, 2.75) is 31.7 Å². The van der Waals surface area contributed by atoms with Crippen LogP contribution in [0, 0.1) is 0 Å². The van der Waals surface area contributed by atoms with Crippen LogP contribution in [0.2, 0.25) is 0 Å². The summed E-state index contributed by atoms with van der Waals surface area (Å²) in [6.45, 7) is -1.69. The first kappa shape index (κ1) is 17.7. The number of para-hydroxylation sites is 1. The van der Waals surface area contributed by atoms with Crippen LogP contribution in [0.5, 0.6) is 5.75 Å². The van der Waals surface area contributed by atoms with Gasteiger partial charge in [-0.15, -0.1) is 0 Å². The van der Waals surface area contributed by atoms with Crippen LogP contribution in [0.25, 0.3) is 0 Å². The number of halogens is 2. The quantitative estimate of drug-likeness (QED) is 0.858. The van der Waals surface area contributed by atoms with Gasteiger partial charge in [-0.1, -0.05) is 24.3 Å². The number of alkyl halides is 2. The summed E-state index contributed by atoms with van der Waals surface area (Å²) in [6, 6.07) is 13.7. The zero-order chi connectivity index (χ0) is 18.8. The van der Waals surface area contributed by atoms with E-state index in [9.17, 15) is 13.6 Å². The molecule has 4 rings (SSSR count). The highest BCUT2D eigenvalue weighted by Gasteiger charge is 2.35. The first-order valence-electron chi connectivity index (χ1n) is 8.95. The van der Waals surface area contributed by atoms with Crippen molar-refractivity contribution in [2.24, 2.45) is 0 Å². The summed E-state index contributed by atoms with van der Waals surface area (Å²) >= 11 is 0. The van der Waals surface area contributed by atoms with Gasteiger partial charge in [-0.3, -0.25) is 4.79 Å². The Morgan fingerprint density at radius 3 is 2.67 bits per heavy atom. The van der Waals surface area contributed by atoms with E-state index in [1.165, 1.54) is 12.1 Å². The van der Waals surface area contributed by atoms with Gasteiger partial charge in [-0.25, -0.2) is 0 Å². The van der Waals surface area contributed by atoms with Crippen molar-refractivity contribution in [3.8, 4) is 5.75 Å². The minimum Gasteiger partial charge on any atom is -0.435 e. The summed E-state index contributed by atoms with van der Waals surface area (Å²) in [5.41, 5.74) is 2.16. The van der Waals surface area contributed by atoms with Gasteiger partial charge in [-0.2, -0.15) is 8.78 Å². The van der Waals surface area contributed by atoms with Crippen molar-refractivity contribution < 1.29 is 23.0 Å². The molecule has 0 spiro atoms. The lowest BCUT2D eigenvalue weighted by Gasteiger charge is -2.39. The molecule has 1 saturated heterocycles. The van der Waals surface area contributed by atoms with Crippen LogP contribution in [0.4, 0.5) is 14.5 Å². The van der Waals surface area contributed by atoms with Crippen molar-refractivity contribution in [3.05, 3.63) is 59.7 Å². The maximum absolute atomic E-state index is 13.1. The van der Waals surface area contributed by atoms with Crippen LogP contribution >= 0.6 is 0 Å².